The minimum absolute atomic E-state index is 0.347. The molecule has 0 spiro atoms. The normalized spacial score (nSPS) is 12.9. The monoisotopic (exact) mass is 315 g/mol. The van der Waals surface area contributed by atoms with Crippen LogP contribution in [0.1, 0.15) is 29.6 Å². The summed E-state index contributed by atoms with van der Waals surface area (Å²) >= 11 is 5.22. The summed E-state index contributed by atoms with van der Waals surface area (Å²) in [5, 5.41) is 7.30. The topological polar surface area (TPSA) is 51.0 Å². The van der Waals surface area contributed by atoms with Crippen molar-refractivity contribution < 1.29 is 4.52 Å². The molecule has 0 aliphatic rings. The van der Waals surface area contributed by atoms with E-state index >= 15 is 0 Å². The molecule has 0 saturated heterocycles. The lowest BCUT2D eigenvalue weighted by molar-refractivity contribution is 0.386. The van der Waals surface area contributed by atoms with Gasteiger partial charge in [0.15, 0.2) is 5.82 Å². The van der Waals surface area contributed by atoms with Crippen LogP contribution in [-0.4, -0.2) is 16.7 Å². The third-order valence-corrected chi connectivity index (χ3v) is 4.20. The minimum atomic E-state index is 0.347. The minimum Gasteiger partial charge on any atom is -0.340 e. The predicted molar refractivity (Wildman–Crippen MR) is 71.2 cm³/mol. The molecule has 0 fully saturated rings. The molecular formula is C11H14BrN3OS. The summed E-state index contributed by atoms with van der Waals surface area (Å²) in [6.07, 6.45) is 0.786. The first-order valence-electron chi connectivity index (χ1n) is 5.43. The van der Waals surface area contributed by atoms with Crippen LogP contribution in [0.25, 0.3) is 0 Å². The van der Waals surface area contributed by atoms with Gasteiger partial charge in [-0.25, -0.2) is 0 Å². The first-order chi connectivity index (χ1) is 8.15. The molecule has 0 aromatic carbocycles. The maximum absolute atomic E-state index is 4.92. The molecule has 2 rings (SSSR count). The fraction of sp³-hybridized carbons (Fsp3) is 0.455. The number of halogens is 1. The van der Waals surface area contributed by atoms with E-state index in [0.717, 1.165) is 22.6 Å². The Kier molecular flexibility index (Phi) is 4.31. The molecule has 2 heterocycles. The maximum Gasteiger partial charge on any atom is 0.223 e. The molecule has 4 nitrogen and oxygen atoms in total. The van der Waals surface area contributed by atoms with Gasteiger partial charge in [-0.05, 0) is 35.0 Å². The van der Waals surface area contributed by atoms with Crippen molar-refractivity contribution in [2.24, 2.45) is 0 Å². The molecule has 0 radical (unpaired) electrons. The molecule has 92 valence electrons. The molecule has 0 amide bonds. The lowest BCUT2D eigenvalue weighted by Crippen LogP contribution is -2.20. The highest BCUT2D eigenvalue weighted by Gasteiger charge is 2.08. The Labute approximate surface area is 113 Å². The molecule has 1 N–H and O–H groups in total. The van der Waals surface area contributed by atoms with E-state index in [9.17, 15) is 0 Å². The van der Waals surface area contributed by atoms with Gasteiger partial charge in [0.2, 0.25) is 5.89 Å². The SMILES string of the molecule is Cc1nc(CCNC(C)c2ccc(Br)s2)no1. The summed E-state index contributed by atoms with van der Waals surface area (Å²) in [5.41, 5.74) is 0. The molecule has 6 heteroatoms. The molecule has 2 aromatic rings. The summed E-state index contributed by atoms with van der Waals surface area (Å²) in [5.74, 6) is 1.38. The van der Waals surface area contributed by atoms with Gasteiger partial charge < -0.3 is 9.84 Å². The number of nitrogens with zero attached hydrogens (tertiary/aromatic N) is 2. The van der Waals surface area contributed by atoms with Crippen LogP contribution in [0.15, 0.2) is 20.4 Å². The van der Waals surface area contributed by atoms with Gasteiger partial charge >= 0.3 is 0 Å². The average molecular weight is 316 g/mol. The van der Waals surface area contributed by atoms with Gasteiger partial charge in [0, 0.05) is 30.8 Å². The lowest BCUT2D eigenvalue weighted by Gasteiger charge is -2.10. The largest absolute Gasteiger partial charge is 0.340 e. The van der Waals surface area contributed by atoms with Crippen LogP contribution in [0.3, 0.4) is 0 Å². The van der Waals surface area contributed by atoms with Gasteiger partial charge in [-0.15, -0.1) is 11.3 Å². The van der Waals surface area contributed by atoms with Gasteiger partial charge in [0.05, 0.1) is 3.79 Å². The number of aryl methyl sites for hydroxylation is 1. The van der Waals surface area contributed by atoms with Crippen molar-refractivity contribution in [1.29, 1.82) is 0 Å². The van der Waals surface area contributed by atoms with Gasteiger partial charge in [-0.3, -0.25) is 0 Å². The summed E-state index contributed by atoms with van der Waals surface area (Å²) in [6.45, 7) is 4.80. The Morgan fingerprint density at radius 3 is 2.94 bits per heavy atom. The Balaban J connectivity index is 1.78. The molecular weight excluding hydrogens is 302 g/mol. The van der Waals surface area contributed by atoms with Crippen molar-refractivity contribution >= 4 is 27.3 Å². The third-order valence-electron chi connectivity index (χ3n) is 2.39. The van der Waals surface area contributed by atoms with E-state index in [4.69, 9.17) is 4.52 Å². The summed E-state index contributed by atoms with van der Waals surface area (Å²) in [4.78, 5) is 5.48. The van der Waals surface area contributed by atoms with Crippen molar-refractivity contribution in [2.45, 2.75) is 26.3 Å². The first-order valence-corrected chi connectivity index (χ1v) is 7.04. The molecule has 1 unspecified atom stereocenters. The fourth-order valence-corrected chi connectivity index (χ4v) is 2.96. The number of nitrogens with one attached hydrogen (secondary N) is 1. The van der Waals surface area contributed by atoms with Gasteiger partial charge in [-0.1, -0.05) is 5.16 Å². The van der Waals surface area contributed by atoms with Crippen LogP contribution in [0, 0.1) is 6.92 Å². The van der Waals surface area contributed by atoms with E-state index in [-0.39, 0.29) is 0 Å². The molecule has 1 atom stereocenters. The summed E-state index contributed by atoms with van der Waals surface area (Å²) in [7, 11) is 0. The van der Waals surface area contributed by atoms with Crippen LogP contribution >= 0.6 is 27.3 Å². The second-order valence-corrected chi connectivity index (χ2v) is 6.29. The van der Waals surface area contributed by atoms with Crippen LogP contribution < -0.4 is 5.32 Å². The van der Waals surface area contributed by atoms with E-state index in [1.165, 1.54) is 4.88 Å². The smallest absolute Gasteiger partial charge is 0.223 e. The first kappa shape index (κ1) is 12.7. The van der Waals surface area contributed by atoms with E-state index in [1.807, 2.05) is 0 Å². The van der Waals surface area contributed by atoms with Crippen LogP contribution in [-0.2, 0) is 6.42 Å². The van der Waals surface area contributed by atoms with Crippen LogP contribution in [0.2, 0.25) is 0 Å². The number of hydrogen-bond acceptors (Lipinski definition) is 5. The van der Waals surface area contributed by atoms with E-state index in [1.54, 1.807) is 18.3 Å². The van der Waals surface area contributed by atoms with Crippen LogP contribution in [0.4, 0.5) is 0 Å². The molecule has 0 saturated carbocycles. The van der Waals surface area contributed by atoms with E-state index < -0.39 is 0 Å². The van der Waals surface area contributed by atoms with Gasteiger partial charge in [-0.2, -0.15) is 4.98 Å². The zero-order valence-corrected chi connectivity index (χ0v) is 12.1. The van der Waals surface area contributed by atoms with Crippen molar-refractivity contribution in [3.05, 3.63) is 32.5 Å². The van der Waals surface area contributed by atoms with Crippen LogP contribution in [0.5, 0.6) is 0 Å². The van der Waals surface area contributed by atoms with Crippen molar-refractivity contribution in [3.8, 4) is 0 Å². The Bertz CT molecular complexity index is 483. The Morgan fingerprint density at radius 1 is 1.53 bits per heavy atom. The van der Waals surface area contributed by atoms with Crippen molar-refractivity contribution in [2.75, 3.05) is 6.54 Å². The van der Waals surface area contributed by atoms with Gasteiger partial charge in [0.25, 0.3) is 0 Å². The summed E-state index contributed by atoms with van der Waals surface area (Å²) < 4.78 is 6.08. The predicted octanol–water partition coefficient (Wildman–Crippen LogP) is 3.10. The lowest BCUT2D eigenvalue weighted by atomic mass is 10.2. The average Bonchev–Trinajstić information content (AvgIpc) is 2.88. The van der Waals surface area contributed by atoms with E-state index in [0.29, 0.717) is 11.9 Å². The molecule has 0 aliphatic carbocycles. The van der Waals surface area contributed by atoms with Crippen molar-refractivity contribution in [1.82, 2.24) is 15.5 Å². The number of aromatic nitrogens is 2. The highest BCUT2D eigenvalue weighted by molar-refractivity contribution is 9.11. The third kappa shape index (κ3) is 3.62. The highest BCUT2D eigenvalue weighted by Crippen LogP contribution is 2.26. The zero-order chi connectivity index (χ0) is 12.3. The van der Waals surface area contributed by atoms with Gasteiger partial charge in [0.1, 0.15) is 0 Å². The maximum atomic E-state index is 4.92. The Hall–Kier alpha value is -0.720. The number of rotatable bonds is 5. The summed E-state index contributed by atoms with van der Waals surface area (Å²) in [6, 6.07) is 4.55. The van der Waals surface area contributed by atoms with E-state index in [2.05, 4.69) is 50.4 Å². The quantitative estimate of drug-likeness (QED) is 0.921. The fourth-order valence-electron chi connectivity index (χ4n) is 1.50. The number of hydrogen-bond donors (Lipinski definition) is 1. The second-order valence-electron chi connectivity index (χ2n) is 3.80. The zero-order valence-electron chi connectivity index (χ0n) is 9.74. The molecule has 0 bridgehead atoms. The Morgan fingerprint density at radius 2 is 2.35 bits per heavy atom. The van der Waals surface area contributed by atoms with Crippen molar-refractivity contribution in [3.63, 3.8) is 0 Å². The molecule has 0 aliphatic heterocycles. The molecule has 2 aromatic heterocycles. The number of thiophene rings is 1. The standard InChI is InChI=1S/C11H14BrN3OS/c1-7(9-3-4-10(12)17-9)13-6-5-11-14-8(2)16-15-11/h3-4,7,13H,5-6H2,1-2H3. The molecule has 17 heavy (non-hydrogen) atoms. The highest BCUT2D eigenvalue weighted by atomic mass is 79.9. The second kappa shape index (κ2) is 5.75.